The zero-order valence-corrected chi connectivity index (χ0v) is 20.2. The number of carbonyl (C=O) groups is 1. The molecule has 0 spiro atoms. The molecule has 10 heteroatoms. The van der Waals surface area contributed by atoms with Crippen molar-refractivity contribution in [3.8, 4) is 0 Å². The Labute approximate surface area is 194 Å². The fourth-order valence-corrected chi connectivity index (χ4v) is 3.15. The van der Waals surface area contributed by atoms with Gasteiger partial charge in [-0.1, -0.05) is 24.3 Å². The van der Waals surface area contributed by atoms with Crippen molar-refractivity contribution in [3.63, 3.8) is 0 Å². The van der Waals surface area contributed by atoms with Crippen LogP contribution in [0.25, 0.3) is 0 Å². The average molecular weight is 545 g/mol. The summed E-state index contributed by atoms with van der Waals surface area (Å²) in [5.41, 5.74) is 2.55. The molecule has 8 nitrogen and oxygen atoms in total. The summed E-state index contributed by atoms with van der Waals surface area (Å²) in [7, 11) is -2.08. The van der Waals surface area contributed by atoms with Gasteiger partial charge in [-0.25, -0.2) is 18.5 Å². The molecule has 1 amide bonds. The van der Waals surface area contributed by atoms with Crippen molar-refractivity contribution >= 4 is 45.9 Å². The Morgan fingerprint density at radius 3 is 2.37 bits per heavy atom. The van der Waals surface area contributed by atoms with Crippen LogP contribution in [-0.4, -0.2) is 40.4 Å². The van der Waals surface area contributed by atoms with Crippen LogP contribution in [0.15, 0.2) is 58.4 Å². The van der Waals surface area contributed by atoms with E-state index in [0.29, 0.717) is 31.2 Å². The number of nitrogens with two attached hydrogens (primary N) is 1. The molecule has 2 aromatic carbocycles. The van der Waals surface area contributed by atoms with Crippen LogP contribution in [0.4, 0.5) is 0 Å². The molecule has 0 unspecified atom stereocenters. The van der Waals surface area contributed by atoms with E-state index in [1.807, 2.05) is 25.1 Å². The first-order chi connectivity index (χ1) is 13.8. The molecule has 164 valence electrons. The van der Waals surface area contributed by atoms with Crippen LogP contribution in [0.5, 0.6) is 0 Å². The Hall–Kier alpha value is -2.18. The Morgan fingerprint density at radius 1 is 1.07 bits per heavy atom. The molecule has 5 N–H and O–H groups in total. The highest BCUT2D eigenvalue weighted by molar-refractivity contribution is 14.0. The second kappa shape index (κ2) is 12.5. The predicted octanol–water partition coefficient (Wildman–Crippen LogP) is 1.61. The number of guanidine groups is 1. The van der Waals surface area contributed by atoms with E-state index in [0.717, 1.165) is 17.5 Å². The first-order valence-electron chi connectivity index (χ1n) is 9.28. The second-order valence-corrected chi connectivity index (χ2v) is 7.90. The van der Waals surface area contributed by atoms with Crippen LogP contribution < -0.4 is 21.1 Å². The molecule has 0 radical (unpaired) electrons. The lowest BCUT2D eigenvalue weighted by molar-refractivity contribution is 0.0963. The third kappa shape index (κ3) is 8.28. The molecule has 30 heavy (non-hydrogen) atoms. The number of amides is 1. The number of hydrogen-bond acceptors (Lipinski definition) is 4. The number of halogens is 1. The zero-order valence-electron chi connectivity index (χ0n) is 17.0. The van der Waals surface area contributed by atoms with E-state index in [-0.39, 0.29) is 34.8 Å². The number of hydrogen-bond donors (Lipinski definition) is 4. The topological polar surface area (TPSA) is 126 Å². The maximum atomic E-state index is 11.7. The van der Waals surface area contributed by atoms with E-state index >= 15 is 0 Å². The minimum absolute atomic E-state index is 0. The summed E-state index contributed by atoms with van der Waals surface area (Å²) in [5, 5.41) is 14.2. The summed E-state index contributed by atoms with van der Waals surface area (Å²) < 4.78 is 22.6. The summed E-state index contributed by atoms with van der Waals surface area (Å²) >= 11 is 0. The molecule has 0 fully saturated rings. The Morgan fingerprint density at radius 2 is 1.77 bits per heavy atom. The maximum absolute atomic E-state index is 11.7. The molecule has 0 saturated heterocycles. The molecule has 0 aromatic heterocycles. The minimum Gasteiger partial charge on any atom is -0.357 e. The highest BCUT2D eigenvalue weighted by atomic mass is 127. The summed E-state index contributed by atoms with van der Waals surface area (Å²) in [6, 6.07) is 13.8. The average Bonchev–Trinajstić information content (AvgIpc) is 2.71. The maximum Gasteiger partial charge on any atom is 0.251 e. The van der Waals surface area contributed by atoms with Crippen LogP contribution >= 0.6 is 24.0 Å². The number of benzene rings is 2. The van der Waals surface area contributed by atoms with E-state index in [4.69, 9.17) is 5.14 Å². The molecule has 0 aliphatic carbocycles. The van der Waals surface area contributed by atoms with Crippen LogP contribution in [0.3, 0.4) is 0 Å². The van der Waals surface area contributed by atoms with Gasteiger partial charge in [0.05, 0.1) is 11.4 Å². The first-order valence-corrected chi connectivity index (χ1v) is 10.8. The van der Waals surface area contributed by atoms with Gasteiger partial charge >= 0.3 is 0 Å². The highest BCUT2D eigenvalue weighted by Gasteiger charge is 2.07. The summed E-state index contributed by atoms with van der Waals surface area (Å²) in [5.74, 6) is 0.550. The van der Waals surface area contributed by atoms with E-state index in [1.54, 1.807) is 25.2 Å². The molecule has 0 bridgehead atoms. The molecule has 0 atom stereocenters. The third-order valence-electron chi connectivity index (χ3n) is 4.14. The standard InChI is InChI=1S/C20H27N5O3S.HI/c1-3-23-20(25-14-16-7-9-18(10-8-16)29(21,27)28)24-12-11-15-5-4-6-17(13-15)19(26)22-2;/h4-10,13H,3,11-12,14H2,1-2H3,(H,22,26)(H2,21,27,28)(H2,23,24,25);1H. The smallest absolute Gasteiger partial charge is 0.251 e. The number of rotatable bonds is 8. The molecular formula is C20H28IN5O3S. The first kappa shape index (κ1) is 25.9. The third-order valence-corrected chi connectivity index (χ3v) is 5.07. The van der Waals surface area contributed by atoms with Gasteiger partial charge in [0, 0.05) is 25.7 Å². The van der Waals surface area contributed by atoms with Crippen LogP contribution in [0.1, 0.15) is 28.4 Å². The Bertz CT molecular complexity index is 963. The molecule has 0 aliphatic heterocycles. The number of aliphatic imine (C=N–C) groups is 1. The molecular weight excluding hydrogens is 517 g/mol. The van der Waals surface area contributed by atoms with Gasteiger partial charge in [0.2, 0.25) is 10.0 Å². The predicted molar refractivity (Wildman–Crippen MR) is 130 cm³/mol. The minimum atomic E-state index is -3.69. The SMILES string of the molecule is CCNC(=NCc1ccc(S(N)(=O)=O)cc1)NCCc1cccc(C(=O)NC)c1.I. The monoisotopic (exact) mass is 545 g/mol. The summed E-state index contributed by atoms with van der Waals surface area (Å²) in [4.78, 5) is 16.3. The summed E-state index contributed by atoms with van der Waals surface area (Å²) in [6.45, 7) is 3.73. The van der Waals surface area contributed by atoms with Gasteiger partial charge in [0.15, 0.2) is 5.96 Å². The van der Waals surface area contributed by atoms with Crippen molar-refractivity contribution in [3.05, 3.63) is 65.2 Å². The van der Waals surface area contributed by atoms with Crippen LogP contribution in [0, 0.1) is 0 Å². The van der Waals surface area contributed by atoms with Crippen molar-refractivity contribution in [2.75, 3.05) is 20.1 Å². The molecule has 0 saturated carbocycles. The lowest BCUT2D eigenvalue weighted by Crippen LogP contribution is -2.38. The van der Waals surface area contributed by atoms with Crippen LogP contribution in [-0.2, 0) is 23.0 Å². The van der Waals surface area contributed by atoms with Crippen LogP contribution in [0.2, 0.25) is 0 Å². The quantitative estimate of drug-likeness (QED) is 0.228. The largest absolute Gasteiger partial charge is 0.357 e. The van der Waals surface area contributed by atoms with Gasteiger partial charge in [0.1, 0.15) is 0 Å². The van der Waals surface area contributed by atoms with Crippen molar-refractivity contribution in [1.82, 2.24) is 16.0 Å². The molecule has 0 heterocycles. The second-order valence-electron chi connectivity index (χ2n) is 6.34. The van der Waals surface area contributed by atoms with Gasteiger partial charge < -0.3 is 16.0 Å². The zero-order chi connectivity index (χ0) is 21.3. The lowest BCUT2D eigenvalue weighted by atomic mass is 10.1. The number of primary sulfonamides is 1. The van der Waals surface area contributed by atoms with Gasteiger partial charge in [0.25, 0.3) is 5.91 Å². The van der Waals surface area contributed by atoms with E-state index in [1.165, 1.54) is 12.1 Å². The number of carbonyl (C=O) groups excluding carboxylic acids is 1. The fourth-order valence-electron chi connectivity index (χ4n) is 2.63. The lowest BCUT2D eigenvalue weighted by Gasteiger charge is -2.12. The van der Waals surface area contributed by atoms with Gasteiger partial charge in [-0.05, 0) is 48.7 Å². The fraction of sp³-hybridized carbons (Fsp3) is 0.300. The van der Waals surface area contributed by atoms with Gasteiger partial charge in [-0.2, -0.15) is 0 Å². The van der Waals surface area contributed by atoms with Gasteiger partial charge in [-0.3, -0.25) is 4.79 Å². The molecule has 2 rings (SSSR count). The van der Waals surface area contributed by atoms with Crippen molar-refractivity contribution in [2.24, 2.45) is 10.1 Å². The Kier molecular flexibility index (Phi) is 10.8. The van der Waals surface area contributed by atoms with Gasteiger partial charge in [-0.15, -0.1) is 24.0 Å². The molecule has 0 aliphatic rings. The molecule has 2 aromatic rings. The number of sulfonamides is 1. The van der Waals surface area contributed by atoms with Crippen molar-refractivity contribution in [2.45, 2.75) is 24.8 Å². The van der Waals surface area contributed by atoms with E-state index in [9.17, 15) is 13.2 Å². The number of nitrogens with zero attached hydrogens (tertiary/aromatic N) is 1. The number of nitrogens with one attached hydrogen (secondary N) is 3. The van der Waals surface area contributed by atoms with E-state index in [2.05, 4.69) is 20.9 Å². The normalized spacial score (nSPS) is 11.4. The Balaban J connectivity index is 0.00000450. The van der Waals surface area contributed by atoms with Crippen molar-refractivity contribution < 1.29 is 13.2 Å². The highest BCUT2D eigenvalue weighted by Crippen LogP contribution is 2.09. The van der Waals surface area contributed by atoms with E-state index < -0.39 is 10.0 Å². The van der Waals surface area contributed by atoms with Crippen molar-refractivity contribution in [1.29, 1.82) is 0 Å². The summed E-state index contributed by atoms with van der Waals surface area (Å²) in [6.07, 6.45) is 0.734.